The maximum Gasteiger partial charge on any atom is 0.255 e. The van der Waals surface area contributed by atoms with E-state index in [4.69, 9.17) is 13.6 Å². The average Bonchev–Trinajstić information content (AvgIpc) is 3.64. The maximum absolute atomic E-state index is 16.5. The molecular weight excluding hydrogens is 568 g/mol. The second kappa shape index (κ2) is 11.4. The Labute approximate surface area is 250 Å². The first-order valence-electron chi connectivity index (χ1n) is 13.9. The van der Waals surface area contributed by atoms with Crippen molar-refractivity contribution >= 4 is 33.8 Å². The molecule has 0 radical (unpaired) electrons. The number of pyridine rings is 1. The van der Waals surface area contributed by atoms with E-state index >= 15 is 4.39 Å². The molecule has 0 bridgehead atoms. The van der Waals surface area contributed by atoms with E-state index in [1.165, 1.54) is 38.4 Å². The van der Waals surface area contributed by atoms with Crippen molar-refractivity contribution in [3.63, 3.8) is 0 Å². The lowest BCUT2D eigenvalue weighted by atomic mass is 9.91. The predicted octanol–water partition coefficient (Wildman–Crippen LogP) is 7.63. The number of nitrogens with zero attached hydrogens (tertiary/aromatic N) is 2. The first-order chi connectivity index (χ1) is 21.2. The second-order valence-corrected chi connectivity index (χ2v) is 10.5. The summed E-state index contributed by atoms with van der Waals surface area (Å²) in [5.41, 5.74) is 3.26. The Bertz CT molecular complexity index is 2030. The summed E-state index contributed by atoms with van der Waals surface area (Å²) < 4.78 is 47.4. The number of Topliss-reactive ketones (excluding diaryl/α,β-unsaturated/α-hetero) is 1. The number of carbonyl (C=O) groups excluding carboxylic acids is 2. The topological polar surface area (TPSA) is 107 Å². The summed E-state index contributed by atoms with van der Waals surface area (Å²) in [6, 6.07) is 13.5. The monoisotopic (exact) mass is 595 g/mol. The Morgan fingerprint density at radius 1 is 1.00 bits per heavy atom. The molecule has 0 aliphatic carbocycles. The van der Waals surface area contributed by atoms with Crippen molar-refractivity contribution in [2.45, 2.75) is 26.2 Å². The molecule has 3 aromatic carbocycles. The second-order valence-electron chi connectivity index (χ2n) is 10.5. The smallest absolute Gasteiger partial charge is 0.255 e. The van der Waals surface area contributed by atoms with E-state index in [9.17, 15) is 14.0 Å². The molecule has 0 saturated heterocycles. The van der Waals surface area contributed by atoms with Crippen molar-refractivity contribution in [3.8, 4) is 28.2 Å². The Morgan fingerprint density at radius 3 is 2.48 bits per heavy atom. The van der Waals surface area contributed by atoms with Gasteiger partial charge in [0.25, 0.3) is 5.91 Å². The molecule has 0 spiro atoms. The minimum atomic E-state index is -0.696. The number of fused-ring (bicyclic) bond motifs is 2. The van der Waals surface area contributed by atoms with E-state index in [2.05, 4.69) is 15.3 Å². The number of nitrogens with one attached hydrogen (secondary N) is 1. The Hall–Kier alpha value is -5.38. The van der Waals surface area contributed by atoms with Crippen LogP contribution in [-0.4, -0.2) is 35.8 Å². The molecule has 0 saturated carbocycles. The normalized spacial score (nSPS) is 12.0. The lowest BCUT2D eigenvalue weighted by molar-refractivity contribution is 0.0958. The van der Waals surface area contributed by atoms with Gasteiger partial charge in [0.15, 0.2) is 17.3 Å². The number of halogens is 2. The number of oxazole rings is 1. The highest BCUT2D eigenvalue weighted by Crippen LogP contribution is 2.41. The van der Waals surface area contributed by atoms with E-state index < -0.39 is 17.5 Å². The van der Waals surface area contributed by atoms with Crippen LogP contribution in [0.15, 0.2) is 75.8 Å². The summed E-state index contributed by atoms with van der Waals surface area (Å²) in [7, 11) is 2.90. The van der Waals surface area contributed by atoms with Gasteiger partial charge in [0.2, 0.25) is 0 Å². The zero-order valence-corrected chi connectivity index (χ0v) is 24.3. The number of aryl methyl sites for hydroxylation is 1. The molecule has 6 aromatic rings. The van der Waals surface area contributed by atoms with Crippen LogP contribution in [0.2, 0.25) is 0 Å². The number of ketones is 1. The Kier molecular flexibility index (Phi) is 7.42. The van der Waals surface area contributed by atoms with Gasteiger partial charge in [0.1, 0.15) is 34.2 Å². The zero-order chi connectivity index (χ0) is 31.1. The number of methoxy groups -OCH3 is 1. The van der Waals surface area contributed by atoms with E-state index in [1.54, 1.807) is 49.6 Å². The first-order valence-corrected chi connectivity index (χ1v) is 13.9. The van der Waals surface area contributed by atoms with Gasteiger partial charge in [0, 0.05) is 42.8 Å². The number of aromatic nitrogens is 2. The quantitative estimate of drug-likeness (QED) is 0.180. The van der Waals surface area contributed by atoms with E-state index in [1.807, 2.05) is 6.92 Å². The molecule has 0 aliphatic rings. The SMILES string of the molecule is CNC(=O)c1c(-c2ccc(F)cc2)oc2ccc(-c3cc(C(=O)C[C@@H](C)c4nc5cnccc5o4)c(OC)cc3C)c(F)c12. The molecule has 8 nitrogen and oxygen atoms in total. The molecular formula is C34H27F2N3O5. The fourth-order valence-electron chi connectivity index (χ4n) is 5.35. The van der Waals surface area contributed by atoms with Crippen LogP contribution >= 0.6 is 0 Å². The summed E-state index contributed by atoms with van der Waals surface area (Å²) in [6.45, 7) is 3.62. The van der Waals surface area contributed by atoms with Crippen LogP contribution in [-0.2, 0) is 0 Å². The van der Waals surface area contributed by atoms with Crippen LogP contribution < -0.4 is 10.1 Å². The molecule has 10 heteroatoms. The number of hydrogen-bond acceptors (Lipinski definition) is 7. The molecule has 222 valence electrons. The largest absolute Gasteiger partial charge is 0.496 e. The van der Waals surface area contributed by atoms with Gasteiger partial charge >= 0.3 is 0 Å². The third-order valence-electron chi connectivity index (χ3n) is 7.61. The molecule has 6 rings (SSSR count). The molecule has 3 heterocycles. The van der Waals surface area contributed by atoms with Gasteiger partial charge in [-0.25, -0.2) is 13.8 Å². The van der Waals surface area contributed by atoms with Crippen molar-refractivity contribution in [2.75, 3.05) is 14.2 Å². The molecule has 1 amide bonds. The highest BCUT2D eigenvalue weighted by molar-refractivity contribution is 6.12. The van der Waals surface area contributed by atoms with Gasteiger partial charge in [-0.3, -0.25) is 14.6 Å². The third kappa shape index (κ3) is 4.98. The maximum atomic E-state index is 16.5. The molecule has 3 aromatic heterocycles. The predicted molar refractivity (Wildman–Crippen MR) is 161 cm³/mol. The van der Waals surface area contributed by atoms with Crippen molar-refractivity contribution in [1.29, 1.82) is 0 Å². The van der Waals surface area contributed by atoms with Crippen LogP contribution in [0.5, 0.6) is 5.75 Å². The molecule has 0 unspecified atom stereocenters. The number of furan rings is 1. The summed E-state index contributed by atoms with van der Waals surface area (Å²) in [5.74, 6) is -1.46. The number of rotatable bonds is 8. The van der Waals surface area contributed by atoms with E-state index in [-0.39, 0.29) is 51.5 Å². The minimum Gasteiger partial charge on any atom is -0.496 e. The average molecular weight is 596 g/mol. The standard InChI is InChI=1S/C34H27F2N3O5/c1-17-14-28(42-4)23(25(40)13-18(2)34-39-24-16-38-12-11-26(24)44-34)15-22(17)21-9-10-27-29(31(21)36)30(33(41)37-3)32(43-27)19-5-7-20(35)8-6-19/h5-12,14-16,18H,13H2,1-4H3,(H,37,41)/t18-/m1/s1. The Morgan fingerprint density at radius 2 is 1.77 bits per heavy atom. The van der Waals surface area contributed by atoms with Crippen LogP contribution in [0.1, 0.15) is 51.4 Å². The van der Waals surface area contributed by atoms with Gasteiger partial charge in [-0.05, 0) is 66.6 Å². The van der Waals surface area contributed by atoms with Gasteiger partial charge < -0.3 is 18.9 Å². The van der Waals surface area contributed by atoms with Gasteiger partial charge in [-0.15, -0.1) is 0 Å². The molecule has 44 heavy (non-hydrogen) atoms. The van der Waals surface area contributed by atoms with Crippen molar-refractivity contribution in [3.05, 3.63) is 101 Å². The highest BCUT2D eigenvalue weighted by atomic mass is 19.1. The lowest BCUT2D eigenvalue weighted by Gasteiger charge is -2.15. The lowest BCUT2D eigenvalue weighted by Crippen LogP contribution is -2.18. The van der Waals surface area contributed by atoms with Crippen LogP contribution in [0, 0.1) is 18.6 Å². The molecule has 1 atom stereocenters. The van der Waals surface area contributed by atoms with Gasteiger partial charge in [-0.1, -0.05) is 6.92 Å². The number of carbonyl (C=O) groups is 2. The summed E-state index contributed by atoms with van der Waals surface area (Å²) in [6.07, 6.45) is 3.26. The third-order valence-corrected chi connectivity index (χ3v) is 7.61. The van der Waals surface area contributed by atoms with Crippen LogP contribution in [0.25, 0.3) is 44.5 Å². The van der Waals surface area contributed by atoms with E-state index in [0.717, 1.165) is 0 Å². The number of hydrogen-bond donors (Lipinski definition) is 1. The Balaban J connectivity index is 1.43. The highest BCUT2D eigenvalue weighted by Gasteiger charge is 2.27. The minimum absolute atomic E-state index is 0.0155. The van der Waals surface area contributed by atoms with Gasteiger partial charge in [0.05, 0.1) is 29.8 Å². The number of ether oxygens (including phenoxy) is 1. The van der Waals surface area contributed by atoms with Crippen LogP contribution in [0.4, 0.5) is 8.78 Å². The fourth-order valence-corrected chi connectivity index (χ4v) is 5.35. The summed E-state index contributed by atoms with van der Waals surface area (Å²) in [4.78, 5) is 35.2. The zero-order valence-electron chi connectivity index (χ0n) is 24.3. The molecule has 0 aliphatic heterocycles. The summed E-state index contributed by atoms with van der Waals surface area (Å²) in [5, 5.41) is 2.52. The number of benzene rings is 3. The van der Waals surface area contributed by atoms with E-state index in [0.29, 0.717) is 39.4 Å². The van der Waals surface area contributed by atoms with Crippen molar-refractivity contribution < 1.29 is 31.9 Å². The van der Waals surface area contributed by atoms with Crippen molar-refractivity contribution in [2.24, 2.45) is 0 Å². The molecule has 1 N–H and O–H groups in total. The number of amides is 1. The first kappa shape index (κ1) is 28.7. The molecule has 0 fully saturated rings. The van der Waals surface area contributed by atoms with Crippen molar-refractivity contribution in [1.82, 2.24) is 15.3 Å². The fraction of sp³-hybridized carbons (Fsp3) is 0.176. The van der Waals surface area contributed by atoms with Crippen LogP contribution in [0.3, 0.4) is 0 Å². The summed E-state index contributed by atoms with van der Waals surface area (Å²) >= 11 is 0. The van der Waals surface area contributed by atoms with Gasteiger partial charge in [-0.2, -0.15) is 0 Å².